The van der Waals surface area contributed by atoms with E-state index in [0.29, 0.717) is 38.3 Å². The van der Waals surface area contributed by atoms with Gasteiger partial charge in [0.1, 0.15) is 5.69 Å². The SMILES string of the molecule is CC(NC(=O)O)C(C)C(=O)NCCN(C(=O)C(Cl)Cl)c1cccc(-c2cc(-c3c(Cl)cccc3Cl)no2)c1. The van der Waals surface area contributed by atoms with Gasteiger partial charge >= 0.3 is 6.09 Å². The highest BCUT2D eigenvalue weighted by Gasteiger charge is 2.25. The highest BCUT2D eigenvalue weighted by molar-refractivity contribution is 6.54. The van der Waals surface area contributed by atoms with Gasteiger partial charge in [0.25, 0.3) is 5.91 Å². The largest absolute Gasteiger partial charge is 0.465 e. The summed E-state index contributed by atoms with van der Waals surface area (Å²) in [5.41, 5.74) is 2.03. The normalized spacial score (nSPS) is 12.6. The number of benzene rings is 2. The maximum absolute atomic E-state index is 12.8. The van der Waals surface area contributed by atoms with Gasteiger partial charge in [0.05, 0.1) is 16.0 Å². The summed E-state index contributed by atoms with van der Waals surface area (Å²) in [4.78, 5) is 36.1. The Morgan fingerprint density at radius 2 is 1.71 bits per heavy atom. The molecule has 0 aliphatic carbocycles. The lowest BCUT2D eigenvalue weighted by Crippen LogP contribution is -2.46. The van der Waals surface area contributed by atoms with Crippen molar-refractivity contribution < 1.29 is 24.0 Å². The van der Waals surface area contributed by atoms with Gasteiger partial charge in [-0.3, -0.25) is 9.59 Å². The molecule has 3 amide bonds. The van der Waals surface area contributed by atoms with Crippen LogP contribution in [0.25, 0.3) is 22.6 Å². The standard InChI is InChI=1S/C25H24Cl4N4O5/c1-13(14(2)31-25(36)37)23(34)30-9-10-33(24(35)22(28)29)16-6-3-5-15(11-16)20-12-19(32-38-20)21-17(26)7-4-8-18(21)27/h3-8,11-14,22,31H,9-10H2,1-2H3,(H,30,34)(H,36,37). The third-order valence-corrected chi connectivity index (χ3v) is 6.78. The Balaban J connectivity index is 1.79. The molecular weight excluding hydrogens is 578 g/mol. The van der Waals surface area contributed by atoms with Gasteiger partial charge in [-0.1, -0.05) is 76.7 Å². The van der Waals surface area contributed by atoms with E-state index in [2.05, 4.69) is 15.8 Å². The van der Waals surface area contributed by atoms with Gasteiger partial charge in [-0.2, -0.15) is 0 Å². The summed E-state index contributed by atoms with van der Waals surface area (Å²) in [5.74, 6) is -1.21. The number of rotatable bonds is 10. The van der Waals surface area contributed by atoms with Gasteiger partial charge in [-0.05, 0) is 31.2 Å². The van der Waals surface area contributed by atoms with Crippen LogP contribution in [0.1, 0.15) is 13.8 Å². The molecule has 0 aliphatic heterocycles. The van der Waals surface area contributed by atoms with Crippen LogP contribution < -0.4 is 15.5 Å². The van der Waals surface area contributed by atoms with E-state index in [1.54, 1.807) is 62.4 Å². The van der Waals surface area contributed by atoms with Crippen molar-refractivity contribution in [1.82, 2.24) is 15.8 Å². The number of amides is 3. The van der Waals surface area contributed by atoms with Crippen LogP contribution in [0, 0.1) is 5.92 Å². The summed E-state index contributed by atoms with van der Waals surface area (Å²) in [5, 5.41) is 18.7. The van der Waals surface area contributed by atoms with Crippen LogP contribution in [-0.4, -0.2) is 52.1 Å². The van der Waals surface area contributed by atoms with Crippen LogP contribution in [0.4, 0.5) is 10.5 Å². The van der Waals surface area contributed by atoms with Crippen molar-refractivity contribution in [2.75, 3.05) is 18.0 Å². The lowest BCUT2D eigenvalue weighted by atomic mass is 10.0. The monoisotopic (exact) mass is 600 g/mol. The molecule has 0 saturated carbocycles. The van der Waals surface area contributed by atoms with Crippen molar-refractivity contribution in [2.24, 2.45) is 5.92 Å². The molecule has 0 radical (unpaired) electrons. The average Bonchev–Trinajstić information content (AvgIpc) is 3.35. The molecule has 1 heterocycles. The van der Waals surface area contributed by atoms with Crippen LogP contribution in [0.3, 0.4) is 0 Å². The van der Waals surface area contributed by atoms with Crippen molar-refractivity contribution in [3.63, 3.8) is 0 Å². The second-order valence-electron chi connectivity index (χ2n) is 8.33. The number of hydrogen-bond acceptors (Lipinski definition) is 5. The van der Waals surface area contributed by atoms with Crippen molar-refractivity contribution in [3.8, 4) is 22.6 Å². The number of nitrogens with zero attached hydrogens (tertiary/aromatic N) is 2. The maximum Gasteiger partial charge on any atom is 0.404 e. The second kappa shape index (κ2) is 13.2. The van der Waals surface area contributed by atoms with Gasteiger partial charge in [0, 0.05) is 42.0 Å². The van der Waals surface area contributed by atoms with Crippen molar-refractivity contribution in [1.29, 1.82) is 0 Å². The lowest BCUT2D eigenvalue weighted by molar-refractivity contribution is -0.125. The molecule has 1 aromatic heterocycles. The van der Waals surface area contributed by atoms with Gasteiger partial charge in [-0.25, -0.2) is 4.79 Å². The first-order valence-electron chi connectivity index (χ1n) is 11.4. The number of anilines is 1. The predicted molar refractivity (Wildman–Crippen MR) is 148 cm³/mol. The molecule has 13 heteroatoms. The number of carbonyl (C=O) groups excluding carboxylic acids is 2. The predicted octanol–water partition coefficient (Wildman–Crippen LogP) is 5.86. The molecule has 0 saturated heterocycles. The lowest BCUT2D eigenvalue weighted by Gasteiger charge is -2.25. The number of aromatic nitrogens is 1. The third kappa shape index (κ3) is 7.32. The van der Waals surface area contributed by atoms with E-state index in [1.807, 2.05) is 0 Å². The van der Waals surface area contributed by atoms with Crippen LogP contribution in [-0.2, 0) is 9.59 Å². The molecule has 2 unspecified atom stereocenters. The fraction of sp³-hybridized carbons (Fsp3) is 0.280. The number of hydrogen-bond donors (Lipinski definition) is 3. The molecule has 0 bridgehead atoms. The number of nitrogens with one attached hydrogen (secondary N) is 2. The third-order valence-electron chi connectivity index (χ3n) is 5.77. The molecular formula is C25H24Cl4N4O5. The van der Waals surface area contributed by atoms with Gasteiger partial charge in [0.15, 0.2) is 10.6 Å². The molecule has 9 nitrogen and oxygen atoms in total. The molecule has 3 aromatic rings. The van der Waals surface area contributed by atoms with Gasteiger partial charge < -0.3 is 25.2 Å². The maximum atomic E-state index is 12.8. The summed E-state index contributed by atoms with van der Waals surface area (Å²) in [6, 6.07) is 13.0. The molecule has 38 heavy (non-hydrogen) atoms. The van der Waals surface area contributed by atoms with Crippen molar-refractivity contribution in [3.05, 3.63) is 58.6 Å². The van der Waals surface area contributed by atoms with E-state index >= 15 is 0 Å². The minimum absolute atomic E-state index is 0.0499. The van der Waals surface area contributed by atoms with E-state index in [-0.39, 0.29) is 19.0 Å². The number of halogens is 4. The van der Waals surface area contributed by atoms with E-state index in [1.165, 1.54) is 4.90 Å². The fourth-order valence-electron chi connectivity index (χ4n) is 3.58. The average molecular weight is 602 g/mol. The summed E-state index contributed by atoms with van der Waals surface area (Å²) in [6.07, 6.45) is -1.22. The molecule has 0 spiro atoms. The Bertz CT molecular complexity index is 1300. The van der Waals surface area contributed by atoms with Crippen LogP contribution in [0.15, 0.2) is 53.1 Å². The second-order valence-corrected chi connectivity index (χ2v) is 10.2. The Morgan fingerprint density at radius 3 is 2.34 bits per heavy atom. The number of carbonyl (C=O) groups is 3. The van der Waals surface area contributed by atoms with E-state index in [9.17, 15) is 14.4 Å². The Hall–Kier alpha value is -2.98. The Kier molecular flexibility index (Phi) is 10.3. The van der Waals surface area contributed by atoms with Crippen molar-refractivity contribution >= 4 is 70.0 Å². The molecule has 3 N–H and O–H groups in total. The topological polar surface area (TPSA) is 125 Å². The number of alkyl halides is 2. The van der Waals surface area contributed by atoms with Gasteiger partial charge in [-0.15, -0.1) is 0 Å². The molecule has 0 aliphatic rings. The quantitative estimate of drug-likeness (QED) is 0.250. The first-order chi connectivity index (χ1) is 18.0. The molecule has 202 valence electrons. The van der Waals surface area contributed by atoms with Gasteiger partial charge in [0.2, 0.25) is 5.91 Å². The zero-order chi connectivity index (χ0) is 28.0. The molecule has 3 rings (SSSR count). The van der Waals surface area contributed by atoms with Crippen LogP contribution in [0.2, 0.25) is 10.0 Å². The summed E-state index contributed by atoms with van der Waals surface area (Å²) in [6.45, 7) is 3.29. The minimum atomic E-state index is -1.34. The summed E-state index contributed by atoms with van der Waals surface area (Å²) in [7, 11) is 0. The van der Waals surface area contributed by atoms with E-state index in [0.717, 1.165) is 0 Å². The summed E-state index contributed by atoms with van der Waals surface area (Å²) >= 11 is 24.3. The molecule has 0 fully saturated rings. The van der Waals surface area contributed by atoms with E-state index in [4.69, 9.17) is 56.0 Å². The summed E-state index contributed by atoms with van der Waals surface area (Å²) < 4.78 is 5.52. The smallest absolute Gasteiger partial charge is 0.404 e. The zero-order valence-corrected chi connectivity index (χ0v) is 23.3. The minimum Gasteiger partial charge on any atom is -0.465 e. The van der Waals surface area contributed by atoms with Crippen molar-refractivity contribution in [2.45, 2.75) is 24.7 Å². The first-order valence-corrected chi connectivity index (χ1v) is 13.0. The van der Waals surface area contributed by atoms with Crippen LogP contribution >= 0.6 is 46.4 Å². The molecule has 2 atom stereocenters. The van der Waals surface area contributed by atoms with E-state index < -0.39 is 28.8 Å². The Morgan fingerprint density at radius 1 is 1.05 bits per heavy atom. The highest BCUT2D eigenvalue weighted by Crippen LogP contribution is 2.36. The number of carboxylic acid groups (broad SMARTS) is 1. The fourth-order valence-corrected chi connectivity index (χ4v) is 4.41. The highest BCUT2D eigenvalue weighted by atomic mass is 35.5. The van der Waals surface area contributed by atoms with Crippen LogP contribution in [0.5, 0.6) is 0 Å². The zero-order valence-electron chi connectivity index (χ0n) is 20.3. The first kappa shape index (κ1) is 29.6. The Labute approximate surface area is 239 Å². The molecule has 2 aromatic carbocycles.